The molecule has 280 valence electrons. The summed E-state index contributed by atoms with van der Waals surface area (Å²) in [6.45, 7) is 5.36. The first-order chi connectivity index (χ1) is 26.0. The molecule has 0 aliphatic carbocycles. The van der Waals surface area contributed by atoms with Gasteiger partial charge >= 0.3 is 5.69 Å². The largest absolute Gasteiger partial charge is 0.489 e. The highest BCUT2D eigenvalue weighted by Gasteiger charge is 2.32. The lowest BCUT2D eigenvalue weighted by Gasteiger charge is -2.34. The highest BCUT2D eigenvalue weighted by atomic mass is 32.2. The van der Waals surface area contributed by atoms with E-state index in [9.17, 15) is 22.8 Å². The van der Waals surface area contributed by atoms with E-state index in [1.165, 1.54) is 9.13 Å². The number of benzene rings is 2. The Balaban J connectivity index is 0.929. The second kappa shape index (κ2) is 13.8. The van der Waals surface area contributed by atoms with E-state index in [-0.39, 0.29) is 35.4 Å². The lowest BCUT2D eigenvalue weighted by Crippen LogP contribution is -2.44. The van der Waals surface area contributed by atoms with Gasteiger partial charge in [-0.15, -0.1) is 5.10 Å². The Labute approximate surface area is 309 Å². The van der Waals surface area contributed by atoms with Gasteiger partial charge in [0.15, 0.2) is 11.4 Å². The fourth-order valence-corrected chi connectivity index (χ4v) is 8.66. The number of imidazole rings is 1. The second-order valence-corrected chi connectivity index (χ2v) is 15.2. The first-order valence-corrected chi connectivity index (χ1v) is 19.2. The number of anilines is 3. The fourth-order valence-electron chi connectivity index (χ4n) is 7.27. The number of nitrogens with one attached hydrogen (secondary N) is 4. The van der Waals surface area contributed by atoms with Crippen LogP contribution in [0.2, 0.25) is 0 Å². The predicted octanol–water partition coefficient (Wildman–Crippen LogP) is 3.15. The van der Waals surface area contributed by atoms with E-state index in [0.29, 0.717) is 72.2 Å². The van der Waals surface area contributed by atoms with Crippen LogP contribution in [0.4, 0.5) is 17.3 Å². The molecule has 8 rings (SSSR count). The summed E-state index contributed by atoms with van der Waals surface area (Å²) < 4.78 is 40.5. The van der Waals surface area contributed by atoms with Crippen LogP contribution in [0.25, 0.3) is 27.8 Å². The molecule has 4 N–H and O–H groups in total. The molecule has 4 aromatic heterocycles. The summed E-state index contributed by atoms with van der Waals surface area (Å²) in [6, 6.07) is 11.4. The van der Waals surface area contributed by atoms with Crippen LogP contribution in [0, 0.1) is 6.92 Å². The summed E-state index contributed by atoms with van der Waals surface area (Å²) in [5.41, 5.74) is 5.43. The minimum Gasteiger partial charge on any atom is -0.489 e. The maximum atomic E-state index is 13.5. The molecule has 54 heavy (non-hydrogen) atoms. The highest BCUT2D eigenvalue weighted by Crippen LogP contribution is 2.34. The average Bonchev–Trinajstić information content (AvgIpc) is 3.89. The van der Waals surface area contributed by atoms with Gasteiger partial charge in [-0.05, 0) is 81.1 Å². The van der Waals surface area contributed by atoms with Crippen LogP contribution < -0.4 is 30.7 Å². The van der Waals surface area contributed by atoms with Crippen LogP contribution in [-0.4, -0.2) is 79.9 Å². The van der Waals surface area contributed by atoms with E-state index < -0.39 is 22.0 Å². The van der Waals surface area contributed by atoms with Crippen LogP contribution in [-0.2, 0) is 26.7 Å². The molecule has 2 aliphatic heterocycles. The number of aryl methyl sites for hydroxylation is 2. The van der Waals surface area contributed by atoms with Gasteiger partial charge in [-0.1, -0.05) is 0 Å². The average molecular weight is 754 g/mol. The first kappa shape index (κ1) is 35.0. The Morgan fingerprint density at radius 1 is 1.02 bits per heavy atom. The Hall–Kier alpha value is -6.01. The molecule has 18 heteroatoms. The topological polar surface area (TPSA) is 203 Å². The maximum Gasteiger partial charge on any atom is 0.329 e. The fraction of sp³-hybridized carbons (Fsp3) is 0.333. The zero-order chi connectivity index (χ0) is 37.7. The highest BCUT2D eigenvalue weighted by molar-refractivity contribution is 7.89. The molecule has 2 aliphatic rings. The van der Waals surface area contributed by atoms with Crippen molar-refractivity contribution in [1.82, 2.24) is 44.0 Å². The molecule has 6 aromatic rings. The monoisotopic (exact) mass is 753 g/mol. The molecule has 0 bridgehead atoms. The minimum absolute atomic E-state index is 0.159. The van der Waals surface area contributed by atoms with Crippen molar-refractivity contribution in [1.29, 1.82) is 0 Å². The Kier molecular flexibility index (Phi) is 8.93. The Morgan fingerprint density at radius 2 is 1.83 bits per heavy atom. The van der Waals surface area contributed by atoms with E-state index >= 15 is 0 Å². The van der Waals surface area contributed by atoms with Gasteiger partial charge in [-0.3, -0.25) is 29.1 Å². The van der Waals surface area contributed by atoms with Crippen LogP contribution >= 0.6 is 0 Å². The quantitative estimate of drug-likeness (QED) is 0.150. The van der Waals surface area contributed by atoms with Crippen molar-refractivity contribution < 1.29 is 22.7 Å². The molecule has 1 unspecified atom stereocenters. The normalized spacial score (nSPS) is 17.0. The first-order valence-electron chi connectivity index (χ1n) is 17.7. The predicted molar refractivity (Wildman–Crippen MR) is 200 cm³/mol. The number of hydrogen-bond acceptors (Lipinski definition) is 11. The third-order valence-electron chi connectivity index (χ3n) is 10.1. The van der Waals surface area contributed by atoms with Crippen molar-refractivity contribution in [3.8, 4) is 16.9 Å². The zero-order valence-electron chi connectivity index (χ0n) is 29.9. The third-order valence-corrected chi connectivity index (χ3v) is 11.6. The number of aromatic amines is 1. The number of pyridine rings is 1. The summed E-state index contributed by atoms with van der Waals surface area (Å²) in [7, 11) is -2.16. The SMILES string of the molecule is CCOc1c(-c2cn[nH]c2)ccn2nc(Nc3ccc(S(=O)(=O)NC4CCN(c5ccc6c(c5)n(C)c(=O)n6C5CCC(=O)NC5=O)CC4)cc3C)nc12. The molecule has 17 nitrogen and oxygen atoms in total. The number of imide groups is 1. The number of rotatable bonds is 10. The molecule has 1 atom stereocenters. The standard InChI is InChI=1S/C36H39N11O6S/c1-4-53-32-26(22-19-37-38-20-22)13-16-46-33(32)41-35(42-46)39-27-7-6-25(17-21(27)2)54(51,52)43-23-11-14-45(15-12-23)24-5-8-28-30(18-24)44(3)36(50)47(28)29-9-10-31(48)40-34(29)49/h5-8,13,16-20,23,29,43H,4,9-12,14-15H2,1-3H3,(H,37,38)(H,39,42)(H,40,48,49). The molecule has 2 fully saturated rings. The number of sulfonamides is 1. The number of carbonyl (C=O) groups is 2. The van der Waals surface area contributed by atoms with Crippen LogP contribution in [0.1, 0.15) is 44.2 Å². The summed E-state index contributed by atoms with van der Waals surface area (Å²) in [5.74, 6) is 0.0920. The van der Waals surface area contributed by atoms with Crippen LogP contribution in [0.5, 0.6) is 5.75 Å². The van der Waals surface area contributed by atoms with Gasteiger partial charge in [0, 0.05) is 67.5 Å². The van der Waals surface area contributed by atoms with Crippen molar-refractivity contribution in [2.24, 2.45) is 7.05 Å². The molecule has 2 aromatic carbocycles. The molecule has 2 amide bonds. The number of aromatic nitrogens is 7. The maximum absolute atomic E-state index is 13.5. The van der Waals surface area contributed by atoms with Crippen LogP contribution in [0.15, 0.2) is 70.7 Å². The zero-order valence-corrected chi connectivity index (χ0v) is 30.7. The van der Waals surface area contributed by atoms with E-state index in [4.69, 9.17) is 4.74 Å². The lowest BCUT2D eigenvalue weighted by atomic mass is 10.0. The molecule has 2 saturated heterocycles. The molecule has 0 spiro atoms. The Bertz CT molecular complexity index is 2580. The summed E-state index contributed by atoms with van der Waals surface area (Å²) >= 11 is 0. The number of fused-ring (bicyclic) bond motifs is 2. The number of H-pyrrole nitrogens is 1. The summed E-state index contributed by atoms with van der Waals surface area (Å²) in [5, 5.41) is 17.0. The third kappa shape index (κ3) is 6.36. The van der Waals surface area contributed by atoms with Gasteiger partial charge in [0.05, 0.1) is 28.7 Å². The van der Waals surface area contributed by atoms with Crippen molar-refractivity contribution >= 4 is 55.8 Å². The molecule has 0 radical (unpaired) electrons. The van der Waals surface area contributed by atoms with E-state index in [2.05, 4.69) is 40.5 Å². The van der Waals surface area contributed by atoms with Gasteiger partial charge < -0.3 is 15.0 Å². The van der Waals surface area contributed by atoms with E-state index in [1.807, 2.05) is 38.1 Å². The van der Waals surface area contributed by atoms with Crippen molar-refractivity contribution in [2.45, 2.75) is 56.5 Å². The molecule has 6 heterocycles. The smallest absolute Gasteiger partial charge is 0.329 e. The summed E-state index contributed by atoms with van der Waals surface area (Å²) in [4.78, 5) is 44.4. The van der Waals surface area contributed by atoms with Crippen LogP contribution in [0.3, 0.4) is 0 Å². The van der Waals surface area contributed by atoms with Gasteiger partial charge in [0.2, 0.25) is 27.8 Å². The van der Waals surface area contributed by atoms with Crippen molar-refractivity contribution in [3.05, 3.63) is 77.1 Å². The number of nitrogens with zero attached hydrogens (tertiary/aromatic N) is 7. The van der Waals surface area contributed by atoms with E-state index in [1.54, 1.807) is 48.4 Å². The number of piperidine rings is 2. The van der Waals surface area contributed by atoms with Crippen molar-refractivity contribution in [2.75, 3.05) is 29.9 Å². The summed E-state index contributed by atoms with van der Waals surface area (Å²) in [6.07, 6.45) is 6.88. The van der Waals surface area contributed by atoms with E-state index in [0.717, 1.165) is 16.8 Å². The van der Waals surface area contributed by atoms with Gasteiger partial charge in [-0.2, -0.15) is 10.1 Å². The second-order valence-electron chi connectivity index (χ2n) is 13.5. The Morgan fingerprint density at radius 3 is 2.56 bits per heavy atom. The molecular weight excluding hydrogens is 715 g/mol. The molecule has 0 saturated carbocycles. The number of amides is 2. The molecular formula is C36H39N11O6S. The number of ether oxygens (including phenoxy) is 1. The number of hydrogen-bond donors (Lipinski definition) is 4. The minimum atomic E-state index is -3.82. The van der Waals surface area contributed by atoms with Gasteiger partial charge in [0.25, 0.3) is 0 Å². The number of carbonyl (C=O) groups excluding carboxylic acids is 2. The van der Waals surface area contributed by atoms with Gasteiger partial charge in [-0.25, -0.2) is 22.4 Å². The van der Waals surface area contributed by atoms with Crippen molar-refractivity contribution in [3.63, 3.8) is 0 Å². The lowest BCUT2D eigenvalue weighted by molar-refractivity contribution is -0.135. The van der Waals surface area contributed by atoms with Gasteiger partial charge in [0.1, 0.15) is 6.04 Å².